The Bertz CT molecular complexity index is 1400. The number of fused-ring (bicyclic) bond motifs is 2. The van der Waals surface area contributed by atoms with Crippen molar-refractivity contribution in [1.82, 2.24) is 50.3 Å². The molecule has 10 nitrogen and oxygen atoms in total. The number of imidazole rings is 1. The molecule has 2 aromatic carbocycles. The molecule has 0 aliphatic heterocycles. The summed E-state index contributed by atoms with van der Waals surface area (Å²) in [6.45, 7) is 0. The molecule has 0 amide bonds. The molecule has 0 saturated heterocycles. The zero-order chi connectivity index (χ0) is 28.5. The van der Waals surface area contributed by atoms with Crippen LogP contribution in [-0.2, 0) is 0 Å². The Balaban J connectivity index is 0.000000138. The number of pyridine rings is 2. The summed E-state index contributed by atoms with van der Waals surface area (Å²) in [7, 11) is 0. The molecule has 41 heavy (non-hydrogen) atoms. The first-order chi connectivity index (χ1) is 20.4. The van der Waals surface area contributed by atoms with Gasteiger partial charge in [0.2, 0.25) is 0 Å². The van der Waals surface area contributed by atoms with E-state index >= 15 is 0 Å². The van der Waals surface area contributed by atoms with Gasteiger partial charge in [-0.25, -0.2) is 4.98 Å². The summed E-state index contributed by atoms with van der Waals surface area (Å²) in [6, 6.07) is 27.6. The van der Waals surface area contributed by atoms with Gasteiger partial charge in [-0.15, -0.1) is 0 Å². The molecule has 0 fully saturated rings. The van der Waals surface area contributed by atoms with Crippen molar-refractivity contribution in [3.63, 3.8) is 0 Å². The van der Waals surface area contributed by atoms with Crippen molar-refractivity contribution < 1.29 is 0 Å². The summed E-state index contributed by atoms with van der Waals surface area (Å²) in [5, 5.41) is 15.3. The first-order valence-electron chi connectivity index (χ1n) is 12.5. The molecule has 10 heteroatoms. The molecule has 204 valence electrons. The Labute approximate surface area is 237 Å². The molecule has 8 aromatic rings. The van der Waals surface area contributed by atoms with Gasteiger partial charge in [-0.2, -0.15) is 10.2 Å². The van der Waals surface area contributed by atoms with Crippen molar-refractivity contribution in [3.05, 3.63) is 166 Å². The topological polar surface area (TPSA) is 138 Å². The number of hydrogen-bond acceptors (Lipinski definition) is 7. The van der Waals surface area contributed by atoms with Crippen molar-refractivity contribution in [2.45, 2.75) is 0 Å². The second-order valence-electron chi connectivity index (χ2n) is 7.60. The molecule has 0 aliphatic rings. The number of aromatic nitrogens is 10. The van der Waals surface area contributed by atoms with Gasteiger partial charge in [0.1, 0.15) is 0 Å². The van der Waals surface area contributed by atoms with Crippen LogP contribution in [0, 0.1) is 0 Å². The molecule has 3 N–H and O–H groups in total. The minimum absolute atomic E-state index is 1.06. The first-order valence-corrected chi connectivity index (χ1v) is 12.5. The van der Waals surface area contributed by atoms with Gasteiger partial charge in [-0.05, 0) is 36.4 Å². The van der Waals surface area contributed by atoms with Crippen LogP contribution in [0.2, 0.25) is 0 Å². The normalized spacial score (nSPS) is 8.98. The van der Waals surface area contributed by atoms with E-state index in [0.717, 1.165) is 16.4 Å². The van der Waals surface area contributed by atoms with Crippen LogP contribution in [0.4, 0.5) is 0 Å². The van der Waals surface area contributed by atoms with Gasteiger partial charge in [0, 0.05) is 78.9 Å². The maximum atomic E-state index is 4.18. The number of nitrogens with zero attached hydrogens (tertiary/aromatic N) is 7. The summed E-state index contributed by atoms with van der Waals surface area (Å²) in [5.41, 5.74) is 2.16. The number of nitrogens with one attached hydrogen (secondary N) is 3. The third kappa shape index (κ3) is 13.4. The van der Waals surface area contributed by atoms with E-state index in [1.54, 1.807) is 68.3 Å². The van der Waals surface area contributed by atoms with E-state index < -0.39 is 0 Å². The van der Waals surface area contributed by atoms with Crippen LogP contribution < -0.4 is 0 Å². The maximum Gasteiger partial charge on any atom is 0.0919 e. The molecule has 0 spiro atoms. The zero-order valence-corrected chi connectivity index (χ0v) is 22.2. The van der Waals surface area contributed by atoms with Crippen molar-refractivity contribution in [2.24, 2.45) is 0 Å². The van der Waals surface area contributed by atoms with Crippen LogP contribution in [0.25, 0.3) is 21.8 Å². The highest BCUT2D eigenvalue weighted by Crippen LogP contribution is 2.08. The highest BCUT2D eigenvalue weighted by molar-refractivity contribution is 5.78. The summed E-state index contributed by atoms with van der Waals surface area (Å²) in [6.07, 6.45) is 22.2. The average molecular weight is 543 g/mol. The molecule has 0 radical (unpaired) electrons. The van der Waals surface area contributed by atoms with Gasteiger partial charge >= 0.3 is 0 Å². The van der Waals surface area contributed by atoms with E-state index in [4.69, 9.17) is 0 Å². The van der Waals surface area contributed by atoms with E-state index in [1.165, 1.54) is 5.39 Å². The zero-order valence-electron chi connectivity index (χ0n) is 22.2. The Morgan fingerprint density at radius 1 is 0.463 bits per heavy atom. The maximum absolute atomic E-state index is 4.18. The SMILES string of the molecule is c1c[nH]cn1.c1ccc2[nH]ncc2c1.c1ccc2ncccc2c1.c1ccncc1.c1cn[nH]c1.c1cnccn1. The van der Waals surface area contributed by atoms with Gasteiger partial charge in [0.05, 0.1) is 23.6 Å². The summed E-state index contributed by atoms with van der Waals surface area (Å²) in [4.78, 5) is 21.8. The van der Waals surface area contributed by atoms with Gasteiger partial charge in [-0.1, -0.05) is 48.5 Å². The molecule has 6 heterocycles. The predicted octanol–water partition coefficient (Wildman–Crippen LogP) is 6.18. The number of aromatic amines is 3. The molecule has 0 aliphatic carbocycles. The highest BCUT2D eigenvalue weighted by atomic mass is 15.1. The molecule has 0 unspecified atom stereocenters. The standard InChI is InChI=1S/C9H7N.C7H6N2.C5H5N.C4H4N2.2C3H4N2/c1-2-6-9-8(4-1)5-3-7-10-9;1-2-4-7-6(3-1)5-8-9-7;1-2-4-6-5-3-1;1-2-6-4-3-5-1;1-2-5-3-4-1;1-2-4-5-3-1/h1-7H;1-5H,(H,8,9);1-5H;1-4H;2*1-3H,(H,4,5). The number of rotatable bonds is 0. The third-order valence-corrected chi connectivity index (χ3v) is 4.72. The van der Waals surface area contributed by atoms with E-state index in [-0.39, 0.29) is 0 Å². The molecular weight excluding hydrogens is 512 g/mol. The van der Waals surface area contributed by atoms with Gasteiger partial charge in [0.15, 0.2) is 0 Å². The molecule has 8 rings (SSSR count). The number of H-pyrrole nitrogens is 3. The fraction of sp³-hybridized carbons (Fsp3) is 0. The lowest BCUT2D eigenvalue weighted by atomic mass is 10.2. The Morgan fingerprint density at radius 2 is 1.17 bits per heavy atom. The Kier molecular flexibility index (Phi) is 14.4. The van der Waals surface area contributed by atoms with E-state index in [0.29, 0.717) is 0 Å². The molecular formula is C31H30N10. The lowest BCUT2D eigenvalue weighted by Gasteiger charge is -1.91. The average Bonchev–Trinajstić information content (AvgIpc) is 3.90. The first kappa shape index (κ1) is 29.5. The number of para-hydroxylation sites is 2. The third-order valence-electron chi connectivity index (χ3n) is 4.72. The van der Waals surface area contributed by atoms with Gasteiger partial charge < -0.3 is 4.98 Å². The number of benzene rings is 2. The summed E-state index contributed by atoms with van der Waals surface area (Å²) >= 11 is 0. The largest absolute Gasteiger partial charge is 0.351 e. The van der Waals surface area contributed by atoms with Crippen molar-refractivity contribution >= 4 is 21.8 Å². The Morgan fingerprint density at radius 3 is 1.66 bits per heavy atom. The van der Waals surface area contributed by atoms with Crippen molar-refractivity contribution in [2.75, 3.05) is 0 Å². The molecule has 0 saturated carbocycles. The van der Waals surface area contributed by atoms with Crippen molar-refractivity contribution in [3.8, 4) is 0 Å². The summed E-state index contributed by atoms with van der Waals surface area (Å²) in [5.74, 6) is 0. The van der Waals surface area contributed by atoms with Crippen molar-refractivity contribution in [1.29, 1.82) is 0 Å². The van der Waals surface area contributed by atoms with Crippen LogP contribution in [0.5, 0.6) is 0 Å². The van der Waals surface area contributed by atoms with Crippen LogP contribution in [0.3, 0.4) is 0 Å². The number of hydrogen-bond donors (Lipinski definition) is 3. The summed E-state index contributed by atoms with van der Waals surface area (Å²) < 4.78 is 0. The molecule has 0 atom stereocenters. The second kappa shape index (κ2) is 20.0. The van der Waals surface area contributed by atoms with E-state index in [1.807, 2.05) is 85.2 Å². The van der Waals surface area contributed by atoms with Crippen LogP contribution in [0.1, 0.15) is 0 Å². The van der Waals surface area contributed by atoms with E-state index in [2.05, 4.69) is 62.4 Å². The van der Waals surface area contributed by atoms with Crippen LogP contribution >= 0.6 is 0 Å². The van der Waals surface area contributed by atoms with E-state index in [9.17, 15) is 0 Å². The highest BCUT2D eigenvalue weighted by Gasteiger charge is 1.88. The second-order valence-corrected chi connectivity index (χ2v) is 7.60. The lowest BCUT2D eigenvalue weighted by molar-refractivity contribution is 1.09. The Hall–Kier alpha value is -6.03. The predicted molar refractivity (Wildman–Crippen MR) is 161 cm³/mol. The molecule has 6 aromatic heterocycles. The smallest absolute Gasteiger partial charge is 0.0919 e. The van der Waals surface area contributed by atoms with Gasteiger partial charge in [-0.3, -0.25) is 30.1 Å². The van der Waals surface area contributed by atoms with Crippen LogP contribution in [0.15, 0.2) is 166 Å². The minimum atomic E-state index is 1.06. The minimum Gasteiger partial charge on any atom is -0.351 e. The monoisotopic (exact) mass is 542 g/mol. The lowest BCUT2D eigenvalue weighted by Crippen LogP contribution is -1.73. The fourth-order valence-electron chi connectivity index (χ4n) is 2.90. The van der Waals surface area contributed by atoms with Crippen LogP contribution in [-0.4, -0.2) is 50.3 Å². The fourth-order valence-corrected chi connectivity index (χ4v) is 2.90. The van der Waals surface area contributed by atoms with Gasteiger partial charge in [0.25, 0.3) is 0 Å². The molecule has 0 bridgehead atoms. The quantitative estimate of drug-likeness (QED) is 0.208.